The van der Waals surface area contributed by atoms with Crippen molar-refractivity contribution >= 4 is 0 Å². The molecule has 0 heterocycles. The molecule has 0 fully saturated rings. The highest BCUT2D eigenvalue weighted by molar-refractivity contribution is 4.85. The Balaban J connectivity index is 4.10. The topological polar surface area (TPSA) is 40.5 Å². The van der Waals surface area contributed by atoms with Crippen molar-refractivity contribution < 1.29 is 10.2 Å². The molecule has 2 nitrogen and oxygen atoms in total. The maximum Gasteiger partial charge on any atom is 0.0776 e. The van der Waals surface area contributed by atoms with Gasteiger partial charge in [-0.25, -0.2) is 0 Å². The van der Waals surface area contributed by atoms with Gasteiger partial charge in [0.25, 0.3) is 0 Å². The smallest absolute Gasteiger partial charge is 0.0776 e. The largest absolute Gasteiger partial charge is 0.393 e. The van der Waals surface area contributed by atoms with Crippen molar-refractivity contribution in [1.82, 2.24) is 0 Å². The number of rotatable bonds is 6. The first kappa shape index (κ1) is 11.7. The summed E-state index contributed by atoms with van der Waals surface area (Å²) in [7, 11) is 0. The minimum absolute atomic E-state index is 0.106. The molecule has 0 amide bonds. The summed E-state index contributed by atoms with van der Waals surface area (Å²) in [5.74, 6) is -0.106. The van der Waals surface area contributed by atoms with Crippen LogP contribution in [0.25, 0.3) is 0 Å². The van der Waals surface area contributed by atoms with E-state index in [2.05, 4.69) is 0 Å². The minimum atomic E-state index is -0.681. The summed E-state index contributed by atoms with van der Waals surface area (Å²) in [6.45, 7) is 9.14. The highest BCUT2D eigenvalue weighted by Crippen LogP contribution is 2.18. The van der Waals surface area contributed by atoms with Gasteiger partial charge in [0, 0.05) is 5.92 Å². The Hall–Kier alpha value is -0.340. The number of hydrogen-bond acceptors (Lipinski definition) is 2. The summed E-state index contributed by atoms with van der Waals surface area (Å²) in [5, 5.41) is 18.9. The lowest BCUT2D eigenvalue weighted by molar-refractivity contribution is 0.0280. The molecule has 0 aromatic heterocycles. The van der Waals surface area contributed by atoms with Crippen LogP contribution < -0.4 is 0 Å². The summed E-state index contributed by atoms with van der Waals surface area (Å²) in [6, 6.07) is 0. The average Bonchev–Trinajstić information content (AvgIpc) is 2.11. The predicted molar refractivity (Wildman–Crippen MR) is 49.6 cm³/mol. The molecule has 3 atom stereocenters. The van der Waals surface area contributed by atoms with Crippen LogP contribution >= 0.6 is 0 Å². The van der Waals surface area contributed by atoms with E-state index in [1.54, 1.807) is 0 Å². The van der Waals surface area contributed by atoms with Gasteiger partial charge in [0.05, 0.1) is 12.2 Å². The van der Waals surface area contributed by atoms with Gasteiger partial charge < -0.3 is 10.2 Å². The lowest BCUT2D eigenvalue weighted by Crippen LogP contribution is -2.29. The molecule has 0 spiro atoms. The molecule has 0 bridgehead atoms. The van der Waals surface area contributed by atoms with Crippen LogP contribution in [0.4, 0.5) is 0 Å². The van der Waals surface area contributed by atoms with E-state index in [1.165, 1.54) is 6.08 Å². The van der Waals surface area contributed by atoms with E-state index in [0.717, 1.165) is 12.8 Å². The Labute approximate surface area is 74.9 Å². The van der Waals surface area contributed by atoms with Gasteiger partial charge in [0.15, 0.2) is 0 Å². The van der Waals surface area contributed by atoms with Crippen LogP contribution in [0, 0.1) is 12.5 Å². The van der Waals surface area contributed by atoms with E-state index >= 15 is 0 Å². The molecule has 0 aliphatic carbocycles. The van der Waals surface area contributed by atoms with Gasteiger partial charge in [-0.1, -0.05) is 32.9 Å². The van der Waals surface area contributed by atoms with Crippen LogP contribution in [0.15, 0.2) is 6.08 Å². The van der Waals surface area contributed by atoms with Crippen LogP contribution in [0.5, 0.6) is 0 Å². The zero-order valence-corrected chi connectivity index (χ0v) is 7.90. The molecule has 1 radical (unpaired) electrons. The van der Waals surface area contributed by atoms with Crippen LogP contribution in [-0.2, 0) is 0 Å². The van der Waals surface area contributed by atoms with E-state index < -0.39 is 12.2 Å². The van der Waals surface area contributed by atoms with E-state index in [0.29, 0.717) is 6.42 Å². The standard InChI is InChI=1S/C10H19O2/c1-4-7-8(9(11)5-2)10(12)6-3/h2,5,8-12H,4,6-7H2,1,3H3. The van der Waals surface area contributed by atoms with E-state index in [9.17, 15) is 10.2 Å². The van der Waals surface area contributed by atoms with Crippen LogP contribution in [0.3, 0.4) is 0 Å². The van der Waals surface area contributed by atoms with Gasteiger partial charge in [-0.05, 0) is 12.8 Å². The first-order valence-corrected chi connectivity index (χ1v) is 4.58. The molecule has 12 heavy (non-hydrogen) atoms. The Morgan fingerprint density at radius 1 is 1.33 bits per heavy atom. The normalized spacial score (nSPS) is 18.3. The zero-order valence-electron chi connectivity index (χ0n) is 7.90. The third-order valence-corrected chi connectivity index (χ3v) is 2.17. The summed E-state index contributed by atoms with van der Waals surface area (Å²) in [4.78, 5) is 0. The van der Waals surface area contributed by atoms with Gasteiger partial charge in [-0.2, -0.15) is 0 Å². The highest BCUT2D eigenvalue weighted by atomic mass is 16.3. The lowest BCUT2D eigenvalue weighted by Gasteiger charge is -2.24. The van der Waals surface area contributed by atoms with Crippen molar-refractivity contribution in [3.8, 4) is 0 Å². The van der Waals surface area contributed by atoms with Crippen molar-refractivity contribution in [3.05, 3.63) is 12.7 Å². The third kappa shape index (κ3) is 3.37. The number of aliphatic hydroxyl groups excluding tert-OH is 2. The molecular formula is C10H19O2. The Morgan fingerprint density at radius 2 is 1.92 bits per heavy atom. The lowest BCUT2D eigenvalue weighted by atomic mass is 9.90. The predicted octanol–water partition coefficient (Wildman–Crippen LogP) is 1.52. The van der Waals surface area contributed by atoms with Crippen LogP contribution in [0.2, 0.25) is 0 Å². The fraction of sp³-hybridized carbons (Fsp3) is 0.800. The van der Waals surface area contributed by atoms with Crippen molar-refractivity contribution in [2.45, 2.75) is 45.3 Å². The minimum Gasteiger partial charge on any atom is -0.393 e. The average molecular weight is 171 g/mol. The second-order valence-corrected chi connectivity index (χ2v) is 3.11. The second-order valence-electron chi connectivity index (χ2n) is 3.11. The number of hydrogen-bond donors (Lipinski definition) is 2. The van der Waals surface area contributed by atoms with E-state index in [4.69, 9.17) is 6.58 Å². The van der Waals surface area contributed by atoms with Crippen molar-refractivity contribution in [2.75, 3.05) is 0 Å². The molecule has 0 saturated carbocycles. The second kappa shape index (κ2) is 6.21. The Kier molecular flexibility index (Phi) is 6.03. The van der Waals surface area contributed by atoms with Crippen molar-refractivity contribution in [3.63, 3.8) is 0 Å². The van der Waals surface area contributed by atoms with Gasteiger partial charge >= 0.3 is 0 Å². The Morgan fingerprint density at radius 3 is 2.25 bits per heavy atom. The molecule has 0 aromatic carbocycles. The fourth-order valence-electron chi connectivity index (χ4n) is 1.37. The molecule has 71 valence electrons. The van der Waals surface area contributed by atoms with E-state index in [1.807, 2.05) is 13.8 Å². The molecule has 0 aromatic rings. The van der Waals surface area contributed by atoms with Gasteiger partial charge in [0.1, 0.15) is 0 Å². The highest BCUT2D eigenvalue weighted by Gasteiger charge is 2.22. The van der Waals surface area contributed by atoms with Crippen molar-refractivity contribution in [2.24, 2.45) is 5.92 Å². The third-order valence-electron chi connectivity index (χ3n) is 2.17. The molecule has 0 rings (SSSR count). The molecule has 2 N–H and O–H groups in total. The quantitative estimate of drug-likeness (QED) is 0.636. The summed E-state index contributed by atoms with van der Waals surface area (Å²) >= 11 is 0. The van der Waals surface area contributed by atoms with Gasteiger partial charge in [-0.3, -0.25) is 0 Å². The molecule has 0 aliphatic heterocycles. The van der Waals surface area contributed by atoms with Crippen LogP contribution in [-0.4, -0.2) is 22.4 Å². The maximum absolute atomic E-state index is 9.51. The Bertz CT molecular complexity index is 123. The molecular weight excluding hydrogens is 152 g/mol. The SMILES string of the molecule is [CH]=CC(O)C(CCC)C(O)CC. The summed E-state index contributed by atoms with van der Waals surface area (Å²) < 4.78 is 0. The van der Waals surface area contributed by atoms with Gasteiger partial charge in [-0.15, -0.1) is 0 Å². The molecule has 2 heteroatoms. The first-order valence-electron chi connectivity index (χ1n) is 4.58. The maximum atomic E-state index is 9.51. The summed E-state index contributed by atoms with van der Waals surface area (Å²) in [6.07, 6.45) is 2.55. The molecule has 0 aliphatic rings. The monoisotopic (exact) mass is 171 g/mol. The van der Waals surface area contributed by atoms with Crippen molar-refractivity contribution in [1.29, 1.82) is 0 Å². The first-order chi connectivity index (χ1) is 5.67. The molecule has 0 saturated heterocycles. The molecule has 3 unspecified atom stereocenters. The zero-order chi connectivity index (χ0) is 9.56. The van der Waals surface area contributed by atoms with E-state index in [-0.39, 0.29) is 5.92 Å². The van der Waals surface area contributed by atoms with Crippen LogP contribution in [0.1, 0.15) is 33.1 Å². The van der Waals surface area contributed by atoms with Gasteiger partial charge in [0.2, 0.25) is 0 Å². The summed E-state index contributed by atoms with van der Waals surface area (Å²) in [5.41, 5.74) is 0. The fourth-order valence-corrected chi connectivity index (χ4v) is 1.37. The number of aliphatic hydroxyl groups is 2.